The fourth-order valence-electron chi connectivity index (χ4n) is 4.81. The molecule has 7 nitrogen and oxygen atoms in total. The van der Waals surface area contributed by atoms with Crippen molar-refractivity contribution in [1.29, 1.82) is 0 Å². The number of carbonyl (C=O) groups excluding carboxylic acids is 2. The van der Waals surface area contributed by atoms with Crippen LogP contribution in [-0.2, 0) is 22.7 Å². The van der Waals surface area contributed by atoms with Gasteiger partial charge in [-0.25, -0.2) is 0 Å². The lowest BCUT2D eigenvalue weighted by molar-refractivity contribution is -0.140. The van der Waals surface area contributed by atoms with Crippen LogP contribution in [0.5, 0.6) is 11.5 Å². The van der Waals surface area contributed by atoms with Crippen molar-refractivity contribution in [2.24, 2.45) is 0 Å². The molecular formula is C32H29NO6. The van der Waals surface area contributed by atoms with E-state index in [4.69, 9.17) is 13.9 Å². The van der Waals surface area contributed by atoms with Gasteiger partial charge in [0.05, 0.1) is 19.2 Å². The second-order valence-electron chi connectivity index (χ2n) is 9.44. The highest BCUT2D eigenvalue weighted by Crippen LogP contribution is 2.42. The Morgan fingerprint density at radius 2 is 1.67 bits per heavy atom. The predicted molar refractivity (Wildman–Crippen MR) is 146 cm³/mol. The number of ketones is 1. The van der Waals surface area contributed by atoms with Gasteiger partial charge in [-0.1, -0.05) is 48.5 Å². The zero-order valence-electron chi connectivity index (χ0n) is 22.0. The average molecular weight is 524 g/mol. The number of aliphatic hydroxyl groups is 1. The van der Waals surface area contributed by atoms with Crippen molar-refractivity contribution in [3.05, 3.63) is 124 Å². The number of carbonyl (C=O) groups is 2. The van der Waals surface area contributed by atoms with Crippen LogP contribution in [0.2, 0.25) is 0 Å². The monoisotopic (exact) mass is 523 g/mol. The van der Waals surface area contributed by atoms with Crippen molar-refractivity contribution < 1.29 is 28.6 Å². The number of hydrogen-bond acceptors (Lipinski definition) is 6. The first-order valence-corrected chi connectivity index (χ1v) is 12.6. The molecule has 1 fully saturated rings. The Labute approximate surface area is 226 Å². The SMILES string of the molecule is COc1ccccc1CN1C(=O)C(=O)/C(=C(/O)c2ccc(OCc3ccccc3)c(C)c2)C1c1ccc(C)o1. The highest BCUT2D eigenvalue weighted by atomic mass is 16.5. The third-order valence-electron chi connectivity index (χ3n) is 6.79. The van der Waals surface area contributed by atoms with E-state index < -0.39 is 17.7 Å². The van der Waals surface area contributed by atoms with Crippen molar-refractivity contribution in [1.82, 2.24) is 4.90 Å². The van der Waals surface area contributed by atoms with Gasteiger partial charge in [-0.2, -0.15) is 0 Å². The Bertz CT molecular complexity index is 1550. The van der Waals surface area contributed by atoms with Gasteiger partial charge in [0.25, 0.3) is 11.7 Å². The molecule has 7 heteroatoms. The van der Waals surface area contributed by atoms with Crippen molar-refractivity contribution >= 4 is 17.4 Å². The van der Waals surface area contributed by atoms with Crippen LogP contribution in [0.4, 0.5) is 0 Å². The molecule has 2 heterocycles. The van der Waals surface area contributed by atoms with Gasteiger partial charge in [0.2, 0.25) is 0 Å². The summed E-state index contributed by atoms with van der Waals surface area (Å²) >= 11 is 0. The summed E-state index contributed by atoms with van der Waals surface area (Å²) in [5, 5.41) is 11.4. The van der Waals surface area contributed by atoms with E-state index in [9.17, 15) is 14.7 Å². The number of aliphatic hydroxyl groups excluding tert-OH is 1. The molecule has 0 spiro atoms. The average Bonchev–Trinajstić information content (AvgIpc) is 3.49. The zero-order valence-corrected chi connectivity index (χ0v) is 22.0. The molecule has 1 aromatic heterocycles. The van der Waals surface area contributed by atoms with Crippen LogP contribution in [0.3, 0.4) is 0 Å². The lowest BCUT2D eigenvalue weighted by Crippen LogP contribution is -2.29. The van der Waals surface area contributed by atoms with Gasteiger partial charge in [-0.05, 0) is 61.4 Å². The zero-order chi connectivity index (χ0) is 27.5. The largest absolute Gasteiger partial charge is 0.507 e. The number of rotatable bonds is 8. The van der Waals surface area contributed by atoms with Crippen molar-refractivity contribution in [2.45, 2.75) is 33.0 Å². The summed E-state index contributed by atoms with van der Waals surface area (Å²) in [5.74, 6) is 0.504. The van der Waals surface area contributed by atoms with Crippen LogP contribution in [-0.4, -0.2) is 28.8 Å². The molecule has 3 aromatic carbocycles. The number of ether oxygens (including phenoxy) is 2. The highest BCUT2D eigenvalue weighted by Gasteiger charge is 2.47. The van der Waals surface area contributed by atoms with Crippen LogP contribution in [0.25, 0.3) is 5.76 Å². The first-order chi connectivity index (χ1) is 18.9. The van der Waals surface area contributed by atoms with Crippen molar-refractivity contribution in [3.8, 4) is 11.5 Å². The molecule has 0 bridgehead atoms. The van der Waals surface area contributed by atoms with E-state index in [2.05, 4.69) is 0 Å². The lowest BCUT2D eigenvalue weighted by atomic mass is 9.98. The Morgan fingerprint density at radius 3 is 2.36 bits per heavy atom. The lowest BCUT2D eigenvalue weighted by Gasteiger charge is -2.24. The Hall–Kier alpha value is -4.78. The second-order valence-corrected chi connectivity index (χ2v) is 9.44. The minimum Gasteiger partial charge on any atom is -0.507 e. The number of Topliss-reactive ketones (excluding diaryl/α,β-unsaturated/α-hetero) is 1. The molecule has 5 rings (SSSR count). The van der Waals surface area contributed by atoms with E-state index in [0.717, 1.165) is 16.7 Å². The molecular weight excluding hydrogens is 494 g/mol. The maximum Gasteiger partial charge on any atom is 0.296 e. The van der Waals surface area contributed by atoms with E-state index >= 15 is 0 Å². The third-order valence-corrected chi connectivity index (χ3v) is 6.79. The number of hydrogen-bond donors (Lipinski definition) is 1. The number of benzene rings is 3. The normalized spacial score (nSPS) is 16.5. The molecule has 1 aliphatic rings. The van der Waals surface area contributed by atoms with Crippen molar-refractivity contribution in [2.75, 3.05) is 7.11 Å². The topological polar surface area (TPSA) is 89.2 Å². The molecule has 198 valence electrons. The molecule has 1 N–H and O–H groups in total. The van der Waals surface area contributed by atoms with Gasteiger partial charge >= 0.3 is 0 Å². The molecule has 0 aliphatic carbocycles. The summed E-state index contributed by atoms with van der Waals surface area (Å²) in [6.45, 7) is 4.15. The highest BCUT2D eigenvalue weighted by molar-refractivity contribution is 6.46. The van der Waals surface area contributed by atoms with E-state index in [1.807, 2.05) is 55.5 Å². The number of nitrogens with zero attached hydrogens (tertiary/aromatic N) is 1. The fraction of sp³-hybridized carbons (Fsp3) is 0.188. The predicted octanol–water partition coefficient (Wildman–Crippen LogP) is 6.11. The van der Waals surface area contributed by atoms with Gasteiger partial charge in [-0.3, -0.25) is 9.59 Å². The summed E-state index contributed by atoms with van der Waals surface area (Å²) in [5.41, 5.74) is 2.92. The smallest absolute Gasteiger partial charge is 0.296 e. The number of para-hydroxylation sites is 1. The maximum absolute atomic E-state index is 13.4. The summed E-state index contributed by atoms with van der Waals surface area (Å²) in [4.78, 5) is 28.1. The standard InChI is InChI=1S/C32H29NO6/c1-20-17-23(14-16-25(20)38-19-22-9-5-4-6-10-22)30(34)28-29(27-15-13-21(2)39-27)33(32(36)31(28)35)18-24-11-7-8-12-26(24)37-3/h4-17,29,34H,18-19H2,1-3H3/b30-28+. The Balaban J connectivity index is 1.51. The Morgan fingerprint density at radius 1 is 0.923 bits per heavy atom. The van der Waals surface area contributed by atoms with Crippen LogP contribution in [0.1, 0.15) is 39.8 Å². The van der Waals surface area contributed by atoms with Crippen LogP contribution in [0.15, 0.2) is 94.9 Å². The van der Waals surface area contributed by atoms with Crippen LogP contribution >= 0.6 is 0 Å². The molecule has 0 saturated carbocycles. The molecule has 1 unspecified atom stereocenters. The first-order valence-electron chi connectivity index (χ1n) is 12.6. The number of amides is 1. The van der Waals surface area contributed by atoms with E-state index in [-0.39, 0.29) is 17.9 Å². The summed E-state index contributed by atoms with van der Waals surface area (Å²) in [6.07, 6.45) is 0. The first kappa shape index (κ1) is 25.9. The van der Waals surface area contributed by atoms with E-state index in [0.29, 0.717) is 35.2 Å². The second kappa shape index (κ2) is 10.9. The van der Waals surface area contributed by atoms with Gasteiger partial charge in [0, 0.05) is 11.1 Å². The van der Waals surface area contributed by atoms with Gasteiger partial charge in [-0.15, -0.1) is 0 Å². The summed E-state index contributed by atoms with van der Waals surface area (Å²) in [7, 11) is 1.55. The number of furan rings is 1. The maximum atomic E-state index is 13.4. The van der Waals surface area contributed by atoms with Gasteiger partial charge < -0.3 is 23.9 Å². The Kier molecular flexibility index (Phi) is 7.23. The number of likely N-dealkylation sites (tertiary alicyclic amines) is 1. The van der Waals surface area contributed by atoms with Crippen LogP contribution < -0.4 is 9.47 Å². The van der Waals surface area contributed by atoms with Crippen molar-refractivity contribution in [3.63, 3.8) is 0 Å². The van der Waals surface area contributed by atoms with Gasteiger partial charge in [0.15, 0.2) is 0 Å². The molecule has 39 heavy (non-hydrogen) atoms. The third kappa shape index (κ3) is 5.16. The molecule has 1 amide bonds. The quantitative estimate of drug-likeness (QED) is 0.170. The molecule has 0 radical (unpaired) electrons. The molecule has 1 aliphatic heterocycles. The fourth-order valence-corrected chi connectivity index (χ4v) is 4.81. The van der Waals surface area contributed by atoms with E-state index in [1.165, 1.54) is 4.90 Å². The summed E-state index contributed by atoms with van der Waals surface area (Å²) < 4.78 is 17.3. The molecule has 1 saturated heterocycles. The molecule has 4 aromatic rings. The minimum atomic E-state index is -0.905. The van der Waals surface area contributed by atoms with E-state index in [1.54, 1.807) is 50.4 Å². The number of methoxy groups -OCH3 is 1. The summed E-state index contributed by atoms with van der Waals surface area (Å²) in [6, 6.07) is 24.9. The van der Waals surface area contributed by atoms with Crippen LogP contribution in [0, 0.1) is 13.8 Å². The molecule has 1 atom stereocenters. The number of aryl methyl sites for hydroxylation is 2. The minimum absolute atomic E-state index is 0.0263. The van der Waals surface area contributed by atoms with Gasteiger partial charge in [0.1, 0.15) is 41.4 Å².